The minimum atomic E-state index is -0.493. The van der Waals surface area contributed by atoms with E-state index in [1.165, 1.54) is 6.07 Å². The maximum Gasteiger partial charge on any atom is 0.253 e. The van der Waals surface area contributed by atoms with Crippen LogP contribution < -0.4 is 16.8 Å². The van der Waals surface area contributed by atoms with Gasteiger partial charge in [0.25, 0.3) is 5.91 Å². The molecule has 1 fully saturated rings. The number of guanidine groups is 1. The predicted molar refractivity (Wildman–Crippen MR) is 91.3 cm³/mol. The number of rotatable bonds is 3. The second-order valence-electron chi connectivity index (χ2n) is 5.37. The van der Waals surface area contributed by atoms with Crippen LogP contribution in [0.15, 0.2) is 18.2 Å². The average Bonchev–Trinajstić information content (AvgIpc) is 2.46. The van der Waals surface area contributed by atoms with Crippen LogP contribution in [0.1, 0.15) is 23.2 Å². The standard InChI is InChI=1S/C14H18Cl2N6O/c15-7-1-2-9(10(16)5-7)13(23)21-8-3-4-22(14(19)20)11(6-8)12(17)18/h1-2,5,8,11H,3-4,6H2,(H3,17,18)(H3,19,20)(H,21,23). The van der Waals surface area contributed by atoms with Crippen LogP contribution in [0.3, 0.4) is 0 Å². The van der Waals surface area contributed by atoms with Crippen LogP contribution in [-0.4, -0.2) is 41.2 Å². The fourth-order valence-electron chi connectivity index (χ4n) is 2.62. The molecule has 0 radical (unpaired) electrons. The molecule has 1 aromatic rings. The van der Waals surface area contributed by atoms with Crippen LogP contribution in [0.25, 0.3) is 0 Å². The third-order valence-corrected chi connectivity index (χ3v) is 4.33. The molecule has 9 heteroatoms. The Hall–Kier alpha value is -1.99. The number of likely N-dealkylation sites (tertiary alicyclic amines) is 1. The minimum Gasteiger partial charge on any atom is -0.386 e. The highest BCUT2D eigenvalue weighted by Crippen LogP contribution is 2.22. The molecule has 124 valence electrons. The number of hydrogen-bond acceptors (Lipinski definition) is 3. The number of hydrogen-bond donors (Lipinski definition) is 5. The first-order chi connectivity index (χ1) is 10.8. The molecule has 0 aromatic heterocycles. The normalized spacial score (nSPS) is 20.9. The lowest BCUT2D eigenvalue weighted by molar-refractivity contribution is 0.0917. The first kappa shape index (κ1) is 17.4. The van der Waals surface area contributed by atoms with Crippen LogP contribution in [0.2, 0.25) is 10.0 Å². The molecule has 7 N–H and O–H groups in total. The average molecular weight is 357 g/mol. The molecule has 2 rings (SSSR count). The summed E-state index contributed by atoms with van der Waals surface area (Å²) in [4.78, 5) is 13.9. The molecule has 2 unspecified atom stereocenters. The van der Waals surface area contributed by atoms with Gasteiger partial charge >= 0.3 is 0 Å². The molecular formula is C14H18Cl2N6O. The number of amides is 1. The number of carbonyl (C=O) groups is 1. The van der Waals surface area contributed by atoms with E-state index in [1.807, 2.05) is 0 Å². The van der Waals surface area contributed by atoms with E-state index in [1.54, 1.807) is 17.0 Å². The summed E-state index contributed by atoms with van der Waals surface area (Å²) in [7, 11) is 0. The van der Waals surface area contributed by atoms with Gasteiger partial charge in [-0.1, -0.05) is 23.2 Å². The lowest BCUT2D eigenvalue weighted by Crippen LogP contribution is -2.57. The number of benzene rings is 1. The molecule has 0 spiro atoms. The van der Waals surface area contributed by atoms with Gasteiger partial charge in [0.1, 0.15) is 5.84 Å². The predicted octanol–water partition coefficient (Wildman–Crippen LogP) is 1.39. The Bertz CT molecular complexity index is 650. The summed E-state index contributed by atoms with van der Waals surface area (Å²) < 4.78 is 0. The fourth-order valence-corrected chi connectivity index (χ4v) is 3.11. The van der Waals surface area contributed by atoms with Crippen molar-refractivity contribution in [2.45, 2.75) is 24.9 Å². The van der Waals surface area contributed by atoms with Gasteiger partial charge in [-0.15, -0.1) is 0 Å². The molecule has 2 atom stereocenters. The summed E-state index contributed by atoms with van der Waals surface area (Å²) in [6.07, 6.45) is 1.01. The molecule has 1 saturated heterocycles. The maximum atomic E-state index is 12.3. The Labute approximate surface area is 143 Å². The summed E-state index contributed by atoms with van der Waals surface area (Å²) >= 11 is 11.9. The number of carbonyl (C=O) groups excluding carboxylic acids is 1. The highest BCUT2D eigenvalue weighted by Gasteiger charge is 2.32. The summed E-state index contributed by atoms with van der Waals surface area (Å²) in [5.41, 5.74) is 11.4. The zero-order valence-electron chi connectivity index (χ0n) is 12.3. The van der Waals surface area contributed by atoms with Crippen molar-refractivity contribution >= 4 is 40.9 Å². The lowest BCUT2D eigenvalue weighted by Gasteiger charge is -2.39. The van der Waals surface area contributed by atoms with Gasteiger partial charge in [0.2, 0.25) is 0 Å². The monoisotopic (exact) mass is 356 g/mol. The van der Waals surface area contributed by atoms with Crippen molar-refractivity contribution < 1.29 is 4.79 Å². The van der Waals surface area contributed by atoms with Crippen LogP contribution in [0.4, 0.5) is 0 Å². The van der Waals surface area contributed by atoms with Crippen LogP contribution in [-0.2, 0) is 0 Å². The second kappa shape index (κ2) is 7.06. The van der Waals surface area contributed by atoms with Gasteiger partial charge < -0.3 is 21.7 Å². The number of piperidine rings is 1. The van der Waals surface area contributed by atoms with Crippen molar-refractivity contribution in [2.75, 3.05) is 6.54 Å². The molecule has 0 bridgehead atoms. The number of nitrogens with two attached hydrogens (primary N) is 2. The van der Waals surface area contributed by atoms with E-state index < -0.39 is 6.04 Å². The van der Waals surface area contributed by atoms with Crippen molar-refractivity contribution in [2.24, 2.45) is 11.5 Å². The van der Waals surface area contributed by atoms with E-state index in [0.717, 1.165) is 0 Å². The molecule has 0 aliphatic carbocycles. The first-order valence-corrected chi connectivity index (χ1v) is 7.75. The number of nitrogens with one attached hydrogen (secondary N) is 3. The molecule has 0 saturated carbocycles. The Morgan fingerprint density at radius 3 is 2.57 bits per heavy atom. The van der Waals surface area contributed by atoms with E-state index in [2.05, 4.69) is 5.32 Å². The highest BCUT2D eigenvalue weighted by molar-refractivity contribution is 6.36. The van der Waals surface area contributed by atoms with Crippen LogP contribution in [0.5, 0.6) is 0 Å². The lowest BCUT2D eigenvalue weighted by atomic mass is 9.96. The van der Waals surface area contributed by atoms with E-state index in [0.29, 0.717) is 30.0 Å². The Morgan fingerprint density at radius 1 is 1.30 bits per heavy atom. The molecule has 1 heterocycles. The quantitative estimate of drug-likeness (QED) is 0.413. The summed E-state index contributed by atoms with van der Waals surface area (Å²) in [6, 6.07) is 3.99. The van der Waals surface area contributed by atoms with Gasteiger partial charge in [-0.2, -0.15) is 0 Å². The molecule has 23 heavy (non-hydrogen) atoms. The Morgan fingerprint density at radius 2 is 2.00 bits per heavy atom. The summed E-state index contributed by atoms with van der Waals surface area (Å²) in [5.74, 6) is -0.519. The largest absolute Gasteiger partial charge is 0.386 e. The Kier molecular flexibility index (Phi) is 5.33. The van der Waals surface area contributed by atoms with Crippen molar-refractivity contribution in [3.05, 3.63) is 33.8 Å². The summed E-state index contributed by atoms with van der Waals surface area (Å²) in [5, 5.41) is 18.8. The van der Waals surface area contributed by atoms with Crippen LogP contribution in [0, 0.1) is 10.8 Å². The minimum absolute atomic E-state index is 0.0799. The summed E-state index contributed by atoms with van der Waals surface area (Å²) in [6.45, 7) is 0.443. The van der Waals surface area contributed by atoms with Gasteiger partial charge in [-0.05, 0) is 31.0 Å². The molecule has 1 amide bonds. The number of halogens is 2. The van der Waals surface area contributed by atoms with Gasteiger partial charge in [0.15, 0.2) is 5.96 Å². The van der Waals surface area contributed by atoms with Crippen molar-refractivity contribution in [1.82, 2.24) is 10.2 Å². The van der Waals surface area contributed by atoms with E-state index >= 15 is 0 Å². The maximum absolute atomic E-state index is 12.3. The van der Waals surface area contributed by atoms with Crippen molar-refractivity contribution in [3.8, 4) is 0 Å². The molecular weight excluding hydrogens is 339 g/mol. The zero-order chi connectivity index (χ0) is 17.1. The van der Waals surface area contributed by atoms with Gasteiger partial charge in [0.05, 0.1) is 16.6 Å². The molecule has 7 nitrogen and oxygen atoms in total. The van der Waals surface area contributed by atoms with E-state index in [4.69, 9.17) is 45.5 Å². The van der Waals surface area contributed by atoms with Gasteiger partial charge in [-0.3, -0.25) is 15.6 Å². The second-order valence-corrected chi connectivity index (χ2v) is 6.21. The highest BCUT2D eigenvalue weighted by atomic mass is 35.5. The van der Waals surface area contributed by atoms with E-state index in [9.17, 15) is 4.79 Å². The van der Waals surface area contributed by atoms with Crippen molar-refractivity contribution in [3.63, 3.8) is 0 Å². The SMILES string of the molecule is N=C(N)C1CC(NC(=O)c2ccc(Cl)cc2Cl)CCN1C(=N)N. The third kappa shape index (κ3) is 4.05. The smallest absolute Gasteiger partial charge is 0.253 e. The first-order valence-electron chi connectivity index (χ1n) is 7.00. The molecule has 1 aliphatic rings. The van der Waals surface area contributed by atoms with E-state index in [-0.39, 0.29) is 28.8 Å². The van der Waals surface area contributed by atoms with Crippen LogP contribution >= 0.6 is 23.2 Å². The molecule has 1 aliphatic heterocycles. The fraction of sp³-hybridized carbons (Fsp3) is 0.357. The third-order valence-electron chi connectivity index (χ3n) is 3.78. The molecule has 1 aromatic carbocycles. The van der Waals surface area contributed by atoms with Crippen molar-refractivity contribution in [1.29, 1.82) is 10.8 Å². The number of nitrogens with zero attached hydrogens (tertiary/aromatic N) is 1. The number of amidine groups is 1. The zero-order valence-corrected chi connectivity index (χ0v) is 13.8. The van der Waals surface area contributed by atoms with Gasteiger partial charge in [-0.25, -0.2) is 0 Å². The Balaban J connectivity index is 2.07. The van der Waals surface area contributed by atoms with Gasteiger partial charge in [0, 0.05) is 17.6 Å². The topological polar surface area (TPSA) is 132 Å².